The average molecular weight is 520 g/mol. The van der Waals surface area contributed by atoms with Crippen LogP contribution in [0.3, 0.4) is 0 Å². The number of unbranched alkanes of at least 4 members (excludes halogenated alkanes) is 1. The molecule has 198 valence electrons. The number of furan rings is 1. The van der Waals surface area contributed by atoms with Gasteiger partial charge in [0.15, 0.2) is 23.0 Å². The van der Waals surface area contributed by atoms with Gasteiger partial charge in [0.2, 0.25) is 0 Å². The highest BCUT2D eigenvalue weighted by Gasteiger charge is 2.46. The molecule has 2 aliphatic rings. The number of amides is 1. The van der Waals surface area contributed by atoms with Crippen LogP contribution in [-0.4, -0.2) is 48.6 Å². The Morgan fingerprint density at radius 3 is 2.61 bits per heavy atom. The summed E-state index contributed by atoms with van der Waals surface area (Å²) in [5.41, 5.74) is 0.871. The Balaban J connectivity index is 1.60. The number of hydrogen-bond donors (Lipinski definition) is 1. The maximum Gasteiger partial charge on any atom is 0.296 e. The lowest BCUT2D eigenvalue weighted by atomic mass is 9.94. The minimum absolute atomic E-state index is 0.0389. The van der Waals surface area contributed by atoms with Gasteiger partial charge < -0.3 is 33.4 Å². The predicted octanol–water partition coefficient (Wildman–Crippen LogP) is 4.86. The summed E-state index contributed by atoms with van der Waals surface area (Å²) in [6.45, 7) is 3.45. The lowest BCUT2D eigenvalue weighted by molar-refractivity contribution is -0.140. The van der Waals surface area contributed by atoms with Gasteiger partial charge in [-0.25, -0.2) is 0 Å². The molecule has 9 nitrogen and oxygen atoms in total. The Kier molecular flexibility index (Phi) is 7.26. The van der Waals surface area contributed by atoms with Crippen molar-refractivity contribution in [2.24, 2.45) is 0 Å². The van der Waals surface area contributed by atoms with Crippen molar-refractivity contribution in [2.75, 3.05) is 26.9 Å². The maximum absolute atomic E-state index is 13.4. The van der Waals surface area contributed by atoms with E-state index < -0.39 is 17.7 Å². The van der Waals surface area contributed by atoms with Crippen LogP contribution in [0.15, 0.2) is 64.8 Å². The number of nitrogens with zero attached hydrogens (tertiary/aromatic N) is 1. The fourth-order valence-electron chi connectivity index (χ4n) is 4.61. The van der Waals surface area contributed by atoms with Crippen LogP contribution in [0.5, 0.6) is 23.0 Å². The number of Topliss-reactive ketones (excluding diaryl/α,β-unsaturated/α-hetero) is 1. The highest BCUT2D eigenvalue weighted by Crippen LogP contribution is 2.43. The molecule has 0 spiro atoms. The minimum Gasteiger partial charge on any atom is -0.507 e. The van der Waals surface area contributed by atoms with Gasteiger partial charge in [-0.3, -0.25) is 9.59 Å². The highest BCUT2D eigenvalue weighted by molar-refractivity contribution is 6.46. The molecule has 5 rings (SSSR count). The van der Waals surface area contributed by atoms with Crippen molar-refractivity contribution in [3.05, 3.63) is 77.3 Å². The van der Waals surface area contributed by atoms with Crippen LogP contribution in [0.2, 0.25) is 0 Å². The molecule has 1 aromatic heterocycles. The van der Waals surface area contributed by atoms with Crippen molar-refractivity contribution in [2.45, 2.75) is 32.4 Å². The van der Waals surface area contributed by atoms with Gasteiger partial charge in [-0.05, 0) is 54.4 Å². The second-order valence-corrected chi connectivity index (χ2v) is 8.98. The zero-order valence-electron chi connectivity index (χ0n) is 21.3. The van der Waals surface area contributed by atoms with E-state index in [2.05, 4.69) is 6.92 Å². The number of aliphatic hydroxyl groups is 1. The maximum atomic E-state index is 13.4. The summed E-state index contributed by atoms with van der Waals surface area (Å²) in [6.07, 6.45) is 3.38. The molecule has 0 radical (unpaired) electrons. The van der Waals surface area contributed by atoms with E-state index in [1.165, 1.54) is 18.3 Å². The molecule has 0 aliphatic carbocycles. The fraction of sp³-hybridized carbons (Fsp3) is 0.310. The fourth-order valence-corrected chi connectivity index (χ4v) is 4.61. The summed E-state index contributed by atoms with van der Waals surface area (Å²) in [7, 11) is 1.53. The molecule has 2 aliphatic heterocycles. The molecular weight excluding hydrogens is 490 g/mol. The minimum atomic E-state index is -0.896. The summed E-state index contributed by atoms with van der Waals surface area (Å²) in [5.74, 6) is 0.671. The largest absolute Gasteiger partial charge is 0.507 e. The molecule has 0 saturated carbocycles. The van der Waals surface area contributed by atoms with Gasteiger partial charge in [0.25, 0.3) is 11.7 Å². The molecule has 1 saturated heterocycles. The summed E-state index contributed by atoms with van der Waals surface area (Å²) in [5, 5.41) is 11.4. The molecule has 3 aromatic rings. The second kappa shape index (κ2) is 10.9. The number of benzene rings is 2. The molecule has 3 heterocycles. The van der Waals surface area contributed by atoms with Crippen molar-refractivity contribution in [1.29, 1.82) is 0 Å². The molecule has 1 amide bonds. The molecule has 1 N–H and O–H groups in total. The summed E-state index contributed by atoms with van der Waals surface area (Å²) in [6, 6.07) is 12.7. The van der Waals surface area contributed by atoms with Crippen molar-refractivity contribution in [1.82, 2.24) is 4.90 Å². The molecule has 0 bridgehead atoms. The van der Waals surface area contributed by atoms with Crippen LogP contribution in [-0.2, 0) is 16.1 Å². The number of aliphatic hydroxyl groups excluding tert-OH is 1. The Bertz CT molecular complexity index is 1360. The molecule has 9 heteroatoms. The van der Waals surface area contributed by atoms with Gasteiger partial charge in [0.1, 0.15) is 24.7 Å². The number of carbonyl (C=O) groups is 2. The number of hydrogen-bond acceptors (Lipinski definition) is 8. The third-order valence-electron chi connectivity index (χ3n) is 6.52. The first kappa shape index (κ1) is 25.3. The molecule has 2 aromatic carbocycles. The molecule has 38 heavy (non-hydrogen) atoms. The Morgan fingerprint density at radius 1 is 1.05 bits per heavy atom. The van der Waals surface area contributed by atoms with E-state index in [-0.39, 0.29) is 17.9 Å². The topological polar surface area (TPSA) is 108 Å². The first-order valence-corrected chi connectivity index (χ1v) is 12.5. The first-order valence-electron chi connectivity index (χ1n) is 12.5. The quantitative estimate of drug-likeness (QED) is 0.185. The van der Waals surface area contributed by atoms with E-state index in [0.717, 1.165) is 12.8 Å². The second-order valence-electron chi connectivity index (χ2n) is 8.98. The van der Waals surface area contributed by atoms with E-state index >= 15 is 0 Å². The average Bonchev–Trinajstić information content (AvgIpc) is 3.55. The Morgan fingerprint density at radius 2 is 1.87 bits per heavy atom. The first-order chi connectivity index (χ1) is 18.5. The normalized spacial score (nSPS) is 18.1. The van der Waals surface area contributed by atoms with E-state index in [0.29, 0.717) is 59.7 Å². The highest BCUT2D eigenvalue weighted by atomic mass is 16.6. The standard InChI is InChI=1S/C29H29NO8/c1-3-4-11-36-21-9-7-18(15-23(21)34-2)26-25(28(32)29(33)30(26)17-20-6-5-12-35-20)27(31)19-8-10-22-24(16-19)38-14-13-37-22/h5-10,12,15-16,26,31H,3-4,11,13-14,17H2,1-2H3. The van der Waals surface area contributed by atoms with Gasteiger partial charge in [-0.1, -0.05) is 19.4 Å². The monoisotopic (exact) mass is 519 g/mol. The van der Waals surface area contributed by atoms with Crippen molar-refractivity contribution >= 4 is 17.4 Å². The zero-order chi connectivity index (χ0) is 26.6. The van der Waals surface area contributed by atoms with Crippen LogP contribution < -0.4 is 18.9 Å². The van der Waals surface area contributed by atoms with E-state index in [1.807, 2.05) is 0 Å². The molecule has 1 atom stereocenters. The number of ketones is 1. The molecule has 1 fully saturated rings. The summed E-state index contributed by atoms with van der Waals surface area (Å²) < 4.78 is 28.1. The lowest BCUT2D eigenvalue weighted by Gasteiger charge is -2.25. The number of fused-ring (bicyclic) bond motifs is 1. The van der Waals surface area contributed by atoms with Crippen molar-refractivity contribution < 1.29 is 38.1 Å². The Hall–Kier alpha value is -4.40. The van der Waals surface area contributed by atoms with Gasteiger partial charge in [-0.15, -0.1) is 0 Å². The third-order valence-corrected chi connectivity index (χ3v) is 6.52. The van der Waals surface area contributed by atoms with E-state index in [9.17, 15) is 14.7 Å². The van der Waals surface area contributed by atoms with Gasteiger partial charge >= 0.3 is 0 Å². The molecular formula is C29H29NO8. The predicted molar refractivity (Wildman–Crippen MR) is 137 cm³/mol. The molecule has 1 unspecified atom stereocenters. The van der Waals surface area contributed by atoms with Crippen LogP contribution in [0.1, 0.15) is 42.7 Å². The van der Waals surface area contributed by atoms with Gasteiger partial charge in [-0.2, -0.15) is 0 Å². The number of rotatable bonds is 9. The smallest absolute Gasteiger partial charge is 0.296 e. The lowest BCUT2D eigenvalue weighted by Crippen LogP contribution is -2.29. The van der Waals surface area contributed by atoms with E-state index in [4.69, 9.17) is 23.4 Å². The van der Waals surface area contributed by atoms with Crippen LogP contribution >= 0.6 is 0 Å². The number of likely N-dealkylation sites (tertiary alicyclic amines) is 1. The number of ether oxygens (including phenoxy) is 4. The number of carbonyl (C=O) groups excluding carboxylic acids is 2. The van der Waals surface area contributed by atoms with Crippen molar-refractivity contribution in [3.8, 4) is 23.0 Å². The van der Waals surface area contributed by atoms with E-state index in [1.54, 1.807) is 48.5 Å². The zero-order valence-corrected chi connectivity index (χ0v) is 21.3. The van der Waals surface area contributed by atoms with Gasteiger partial charge in [0.05, 0.1) is 38.1 Å². The summed E-state index contributed by atoms with van der Waals surface area (Å²) >= 11 is 0. The SMILES string of the molecule is CCCCOc1ccc(C2C(=C(O)c3ccc4c(c3)OCCO4)C(=O)C(=O)N2Cc2ccco2)cc1OC. The van der Waals surface area contributed by atoms with Crippen molar-refractivity contribution in [3.63, 3.8) is 0 Å². The van der Waals surface area contributed by atoms with Crippen LogP contribution in [0, 0.1) is 0 Å². The third kappa shape index (κ3) is 4.79. The van der Waals surface area contributed by atoms with Gasteiger partial charge in [0, 0.05) is 5.56 Å². The van der Waals surface area contributed by atoms with Crippen LogP contribution in [0.4, 0.5) is 0 Å². The Labute approximate surface area is 220 Å². The summed E-state index contributed by atoms with van der Waals surface area (Å²) in [4.78, 5) is 28.0. The van der Waals surface area contributed by atoms with Crippen LogP contribution in [0.25, 0.3) is 5.76 Å². The number of methoxy groups -OCH3 is 1.